The van der Waals surface area contributed by atoms with E-state index in [1.54, 1.807) is 24.5 Å². The van der Waals surface area contributed by atoms with Gasteiger partial charge in [-0.3, -0.25) is 4.79 Å². The van der Waals surface area contributed by atoms with E-state index in [4.69, 9.17) is 16.0 Å². The fourth-order valence-electron chi connectivity index (χ4n) is 4.44. The maximum atomic E-state index is 12.9. The zero-order valence-corrected chi connectivity index (χ0v) is 13.7. The smallest absolute Gasteiger partial charge is 0.201 e. The van der Waals surface area contributed by atoms with Gasteiger partial charge < -0.3 is 14.8 Å². The molecule has 2 heterocycles. The molecule has 2 aliphatic rings. The summed E-state index contributed by atoms with van der Waals surface area (Å²) in [7, 11) is 0. The molecule has 0 radical (unpaired) electrons. The van der Waals surface area contributed by atoms with Gasteiger partial charge in [0.1, 0.15) is 17.9 Å². The lowest BCUT2D eigenvalue weighted by atomic mass is 9.67. The molecule has 3 atom stereocenters. The minimum Gasteiger partial charge on any atom is -0.464 e. The van der Waals surface area contributed by atoms with Crippen molar-refractivity contribution in [3.05, 3.63) is 45.3 Å². The second kappa shape index (κ2) is 5.62. The first-order valence-electron chi connectivity index (χ1n) is 8.35. The van der Waals surface area contributed by atoms with Crippen LogP contribution in [0.4, 0.5) is 0 Å². The van der Waals surface area contributed by atoms with Crippen LogP contribution in [0.25, 0.3) is 11.0 Å². The van der Waals surface area contributed by atoms with Crippen LogP contribution in [0, 0.1) is 5.92 Å². The summed E-state index contributed by atoms with van der Waals surface area (Å²) in [5, 5.41) is 14.2. The normalized spacial score (nSPS) is 31.0. The summed E-state index contributed by atoms with van der Waals surface area (Å²) in [6.07, 6.45) is 6.38. The number of halogens is 1. The van der Waals surface area contributed by atoms with Crippen molar-refractivity contribution in [2.75, 3.05) is 6.54 Å². The molecule has 5 heteroatoms. The lowest BCUT2D eigenvalue weighted by molar-refractivity contribution is -0.719. The van der Waals surface area contributed by atoms with Crippen molar-refractivity contribution >= 4 is 22.6 Å². The van der Waals surface area contributed by atoms with Crippen LogP contribution in [0.15, 0.2) is 33.7 Å². The van der Waals surface area contributed by atoms with Gasteiger partial charge in [-0.25, -0.2) is 0 Å². The Morgan fingerprint density at radius 3 is 3.04 bits per heavy atom. The molecule has 2 fully saturated rings. The van der Waals surface area contributed by atoms with E-state index in [1.165, 1.54) is 0 Å². The molecule has 3 N–H and O–H groups in total. The van der Waals surface area contributed by atoms with E-state index in [-0.39, 0.29) is 17.4 Å². The van der Waals surface area contributed by atoms with Crippen molar-refractivity contribution in [1.82, 2.24) is 0 Å². The molecule has 0 bridgehead atoms. The zero-order valence-electron chi connectivity index (χ0n) is 12.9. The van der Waals surface area contributed by atoms with Gasteiger partial charge >= 0.3 is 0 Å². The van der Waals surface area contributed by atoms with Crippen molar-refractivity contribution in [3.8, 4) is 0 Å². The Hall–Kier alpha value is -1.36. The largest absolute Gasteiger partial charge is 0.464 e. The molecule has 4 nitrogen and oxygen atoms in total. The Morgan fingerprint density at radius 1 is 1.30 bits per heavy atom. The van der Waals surface area contributed by atoms with Crippen molar-refractivity contribution in [2.45, 2.75) is 43.7 Å². The summed E-state index contributed by atoms with van der Waals surface area (Å²) in [5.74, 6) is 0.115. The molecular weight excluding hydrogens is 314 g/mol. The van der Waals surface area contributed by atoms with Crippen molar-refractivity contribution in [3.63, 3.8) is 0 Å². The van der Waals surface area contributed by atoms with E-state index in [0.29, 0.717) is 21.6 Å². The summed E-state index contributed by atoms with van der Waals surface area (Å²) >= 11 is 6.03. The first-order chi connectivity index (χ1) is 11.1. The number of aliphatic hydroxyl groups is 1. The van der Waals surface area contributed by atoms with E-state index >= 15 is 0 Å². The van der Waals surface area contributed by atoms with Crippen molar-refractivity contribution in [2.24, 2.45) is 5.92 Å². The van der Waals surface area contributed by atoms with Crippen LogP contribution in [0.1, 0.15) is 43.7 Å². The molecule has 1 saturated heterocycles. The Balaban J connectivity index is 1.82. The summed E-state index contributed by atoms with van der Waals surface area (Å²) in [6.45, 7) is 0.838. The zero-order chi connectivity index (χ0) is 16.0. The molecule has 2 aromatic rings. The second-order valence-electron chi connectivity index (χ2n) is 6.92. The monoisotopic (exact) mass is 334 g/mol. The molecule has 122 valence electrons. The van der Waals surface area contributed by atoms with Gasteiger partial charge in [-0.1, -0.05) is 24.4 Å². The van der Waals surface area contributed by atoms with Gasteiger partial charge in [0.2, 0.25) is 5.43 Å². The fourth-order valence-corrected chi connectivity index (χ4v) is 4.61. The maximum Gasteiger partial charge on any atom is 0.201 e. The van der Waals surface area contributed by atoms with Crippen LogP contribution in [-0.4, -0.2) is 17.3 Å². The molecule has 23 heavy (non-hydrogen) atoms. The summed E-state index contributed by atoms with van der Waals surface area (Å²) in [6, 6.07) is 5.08. The highest BCUT2D eigenvalue weighted by molar-refractivity contribution is 6.31. The van der Waals surface area contributed by atoms with Crippen LogP contribution >= 0.6 is 11.6 Å². The molecule has 1 aliphatic heterocycles. The van der Waals surface area contributed by atoms with E-state index in [2.05, 4.69) is 5.32 Å². The highest BCUT2D eigenvalue weighted by Crippen LogP contribution is 2.43. The number of rotatable bonds is 1. The molecular formula is C18H21ClNO3+. The first-order valence-corrected chi connectivity index (χ1v) is 8.73. The van der Waals surface area contributed by atoms with Crippen molar-refractivity contribution < 1.29 is 14.8 Å². The predicted octanol–water partition coefficient (Wildman–Crippen LogP) is 2.38. The third-order valence-electron chi connectivity index (χ3n) is 5.62. The molecule has 4 rings (SSSR count). The first kappa shape index (κ1) is 15.2. The minimum absolute atomic E-state index is 0.0233. The van der Waals surface area contributed by atoms with Crippen LogP contribution in [0.2, 0.25) is 5.02 Å². The topological polar surface area (TPSA) is 67.0 Å². The Bertz CT molecular complexity index is 798. The number of hydrogen-bond acceptors (Lipinski definition) is 3. The SMILES string of the molecule is O=c1c([C@H]2[NH2+]CC[C@@]3(O)CCCC[C@H]23)coc2ccc(Cl)cc12. The summed E-state index contributed by atoms with van der Waals surface area (Å²) < 4.78 is 5.68. The second-order valence-corrected chi connectivity index (χ2v) is 7.35. The highest BCUT2D eigenvalue weighted by Gasteiger charge is 2.49. The standard InChI is InChI=1S/C18H20ClNO3/c19-11-4-5-15-12(9-11)17(21)13(10-23-15)16-14-3-1-2-6-18(14,22)7-8-20-16/h4-5,9-10,14,16,20,22H,1-3,6-8H2/p+1/t14-,16-,18+/m1/s1. The van der Waals surface area contributed by atoms with Crippen LogP contribution in [0.5, 0.6) is 0 Å². The van der Waals surface area contributed by atoms with E-state index < -0.39 is 5.60 Å². The average molecular weight is 335 g/mol. The van der Waals surface area contributed by atoms with E-state index in [0.717, 1.165) is 38.6 Å². The molecule has 0 amide bonds. The molecule has 1 aromatic heterocycles. The molecule has 1 aromatic carbocycles. The lowest BCUT2D eigenvalue weighted by Gasteiger charge is -2.45. The highest BCUT2D eigenvalue weighted by atomic mass is 35.5. The quantitative estimate of drug-likeness (QED) is 0.841. The van der Waals surface area contributed by atoms with Crippen LogP contribution in [-0.2, 0) is 0 Å². The Labute approximate surface area is 139 Å². The third kappa shape index (κ3) is 2.49. The van der Waals surface area contributed by atoms with Gasteiger partial charge in [0.15, 0.2) is 0 Å². The number of quaternary nitrogens is 1. The molecule has 0 unspecified atom stereocenters. The van der Waals surface area contributed by atoms with Gasteiger partial charge in [-0.2, -0.15) is 0 Å². The maximum absolute atomic E-state index is 12.9. The average Bonchev–Trinajstić information content (AvgIpc) is 2.55. The van der Waals surface area contributed by atoms with Crippen LogP contribution < -0.4 is 10.7 Å². The van der Waals surface area contributed by atoms with E-state index in [9.17, 15) is 9.90 Å². The van der Waals surface area contributed by atoms with Gasteiger partial charge in [-0.05, 0) is 31.0 Å². The van der Waals surface area contributed by atoms with Gasteiger partial charge in [0.25, 0.3) is 0 Å². The lowest BCUT2D eigenvalue weighted by Crippen LogP contribution is -2.91. The summed E-state index contributed by atoms with van der Waals surface area (Å²) in [5.41, 5.74) is 0.556. The minimum atomic E-state index is -0.632. The number of hydrogen-bond donors (Lipinski definition) is 2. The van der Waals surface area contributed by atoms with Gasteiger partial charge in [0.05, 0.1) is 23.1 Å². The number of fused-ring (bicyclic) bond motifs is 2. The van der Waals surface area contributed by atoms with E-state index in [1.807, 2.05) is 0 Å². The fraction of sp³-hybridized carbons (Fsp3) is 0.500. The molecule has 1 aliphatic carbocycles. The third-order valence-corrected chi connectivity index (χ3v) is 5.85. The number of nitrogens with two attached hydrogens (primary N) is 1. The molecule has 1 saturated carbocycles. The predicted molar refractivity (Wildman–Crippen MR) is 88.6 cm³/mol. The Morgan fingerprint density at radius 2 is 2.17 bits per heavy atom. The van der Waals surface area contributed by atoms with Crippen LogP contribution in [0.3, 0.4) is 0 Å². The van der Waals surface area contributed by atoms with Gasteiger partial charge in [-0.15, -0.1) is 0 Å². The molecule has 0 spiro atoms. The Kier molecular flexibility index (Phi) is 3.71. The summed E-state index contributed by atoms with van der Waals surface area (Å²) in [4.78, 5) is 12.9. The van der Waals surface area contributed by atoms with Gasteiger partial charge in [0, 0.05) is 17.4 Å². The van der Waals surface area contributed by atoms with Crippen molar-refractivity contribution in [1.29, 1.82) is 0 Å². The number of piperidine rings is 1. The number of benzene rings is 1.